The maximum absolute atomic E-state index is 13.2. The number of hydrogen-bond donors (Lipinski definition) is 0. The molecule has 3 aliphatic heterocycles. The van der Waals surface area contributed by atoms with E-state index in [-0.39, 0.29) is 68.7 Å². The fraction of sp³-hybridized carbons (Fsp3) is 0.878. The van der Waals surface area contributed by atoms with Gasteiger partial charge in [-0.1, -0.05) is 194 Å². The summed E-state index contributed by atoms with van der Waals surface area (Å²) in [5.41, 5.74) is 0. The Bertz CT molecular complexity index is 1320. The number of rotatable bonds is 41. The van der Waals surface area contributed by atoms with Crippen molar-refractivity contribution in [1.82, 2.24) is 9.57 Å². The van der Waals surface area contributed by atoms with Crippen LogP contribution in [-0.2, 0) is 54.2 Å². The Morgan fingerprint density at radius 2 is 1.02 bits per heavy atom. The maximum Gasteiger partial charge on any atom is 0.306 e. The summed E-state index contributed by atoms with van der Waals surface area (Å²) in [6.45, 7) is 6.19. The number of imide groups is 1. The maximum atomic E-state index is 13.2. The van der Waals surface area contributed by atoms with E-state index in [1.165, 1.54) is 133 Å². The lowest BCUT2D eigenvalue weighted by atomic mass is 9.85. The van der Waals surface area contributed by atoms with Crippen LogP contribution in [0.2, 0.25) is 0 Å². The number of esters is 2. The van der Waals surface area contributed by atoms with Crippen molar-refractivity contribution in [1.29, 1.82) is 0 Å². The largest absolute Gasteiger partial charge is 0.462 e. The summed E-state index contributed by atoms with van der Waals surface area (Å²) in [5.74, 6) is -2.12. The summed E-state index contributed by atoms with van der Waals surface area (Å²) in [7, 11) is 0. The summed E-state index contributed by atoms with van der Waals surface area (Å²) >= 11 is 6.05. The number of amides is 2. The van der Waals surface area contributed by atoms with Gasteiger partial charge in [0.1, 0.15) is 6.61 Å². The van der Waals surface area contributed by atoms with E-state index in [1.54, 1.807) is 0 Å². The molecule has 0 aromatic rings. The normalized spacial score (nSPS) is 20.6. The molecule has 0 saturated carbocycles. The van der Waals surface area contributed by atoms with Crippen molar-refractivity contribution in [2.45, 2.75) is 226 Å². The second-order valence-electron chi connectivity index (χ2n) is 17.8. The first-order valence-corrected chi connectivity index (χ1v) is 28.0. The van der Waals surface area contributed by atoms with E-state index in [4.69, 9.17) is 35.1 Å². The number of fused-ring (bicyclic) bond motifs is 5. The van der Waals surface area contributed by atoms with Gasteiger partial charge in [0.15, 0.2) is 6.10 Å². The van der Waals surface area contributed by atoms with E-state index in [0.717, 1.165) is 38.5 Å². The number of carbonyl (C=O) groups is 4. The highest BCUT2D eigenvalue weighted by Crippen LogP contribution is 2.52. The smallest absolute Gasteiger partial charge is 0.306 e. The van der Waals surface area contributed by atoms with Gasteiger partial charge in [-0.15, -0.1) is 0 Å². The molecule has 11 nitrogen and oxygen atoms in total. The Labute approximate surface area is 382 Å². The number of likely N-dealkylation sites (tertiary alicyclic amines) is 1. The Morgan fingerprint density at radius 3 is 1.44 bits per heavy atom. The van der Waals surface area contributed by atoms with E-state index in [0.29, 0.717) is 19.5 Å². The van der Waals surface area contributed by atoms with Gasteiger partial charge in [-0.25, -0.2) is 4.67 Å². The molecule has 13 heteroatoms. The van der Waals surface area contributed by atoms with Gasteiger partial charge in [0.25, 0.3) is 6.64 Å². The molecule has 3 heterocycles. The van der Waals surface area contributed by atoms with Crippen LogP contribution in [0.15, 0.2) is 12.2 Å². The molecule has 2 bridgehead atoms. The highest BCUT2D eigenvalue weighted by atomic mass is 32.5. The number of unbranched alkanes of at least 4 members (excludes halogenated alkanes) is 24. The van der Waals surface area contributed by atoms with Crippen LogP contribution in [0.1, 0.15) is 207 Å². The van der Waals surface area contributed by atoms with Crippen LogP contribution < -0.4 is 0 Å². The molecule has 62 heavy (non-hydrogen) atoms. The van der Waals surface area contributed by atoms with Crippen molar-refractivity contribution in [3.8, 4) is 0 Å². The van der Waals surface area contributed by atoms with Crippen LogP contribution in [0, 0.1) is 11.8 Å². The minimum atomic E-state index is -3.15. The fourth-order valence-corrected chi connectivity index (χ4v) is 11.8. The van der Waals surface area contributed by atoms with Crippen molar-refractivity contribution in [3.05, 3.63) is 12.2 Å². The minimum absolute atomic E-state index is 0.00588. The Kier molecular flexibility index (Phi) is 29.0. The van der Waals surface area contributed by atoms with Crippen molar-refractivity contribution in [3.63, 3.8) is 0 Å². The second kappa shape index (κ2) is 32.9. The third-order valence-corrected chi connectivity index (χ3v) is 16.3. The monoisotopic (exact) mass is 911 g/mol. The predicted octanol–water partition coefficient (Wildman–Crippen LogP) is 11.9. The van der Waals surface area contributed by atoms with Crippen molar-refractivity contribution in [2.75, 3.05) is 39.5 Å². The zero-order valence-corrected chi connectivity index (χ0v) is 41.2. The Hall–Kier alpha value is -1.69. The van der Waals surface area contributed by atoms with Crippen LogP contribution >= 0.6 is 6.64 Å². The molecule has 0 aliphatic carbocycles. The molecule has 6 atom stereocenters. The second-order valence-corrected chi connectivity index (χ2v) is 21.3. The van der Waals surface area contributed by atoms with E-state index < -0.39 is 24.6 Å². The topological polar surface area (TPSA) is 121 Å². The zero-order chi connectivity index (χ0) is 44.8. The van der Waals surface area contributed by atoms with Crippen molar-refractivity contribution < 1.29 is 42.4 Å². The summed E-state index contributed by atoms with van der Waals surface area (Å²) in [4.78, 5) is 53.7. The molecule has 0 radical (unpaired) electrons. The molecular weight excluding hydrogens is 824 g/mol. The Balaban J connectivity index is 1.44. The van der Waals surface area contributed by atoms with Gasteiger partial charge in [0.2, 0.25) is 11.8 Å². The molecular formula is C49H87N2O9PS. The van der Waals surface area contributed by atoms with Crippen molar-refractivity contribution in [2.24, 2.45) is 11.8 Å². The zero-order valence-electron chi connectivity index (χ0n) is 39.5. The lowest BCUT2D eigenvalue weighted by Gasteiger charge is -2.33. The molecule has 358 valence electrons. The Morgan fingerprint density at radius 1 is 0.613 bits per heavy atom. The molecule has 0 aromatic heterocycles. The summed E-state index contributed by atoms with van der Waals surface area (Å²) in [6.07, 6.45) is 34.6. The lowest BCUT2D eigenvalue weighted by Crippen LogP contribution is -2.37. The van der Waals surface area contributed by atoms with E-state index >= 15 is 0 Å². The van der Waals surface area contributed by atoms with E-state index in [1.807, 2.05) is 30.7 Å². The number of carbonyl (C=O) groups excluding carboxylic acids is 4. The molecule has 0 aromatic carbocycles. The van der Waals surface area contributed by atoms with Gasteiger partial charge < -0.3 is 23.3 Å². The molecule has 3 aliphatic rings. The van der Waals surface area contributed by atoms with Crippen LogP contribution in [-0.4, -0.2) is 91.1 Å². The van der Waals surface area contributed by atoms with Gasteiger partial charge in [0.05, 0.1) is 43.8 Å². The molecule has 4 unspecified atom stereocenters. The molecule has 0 N–H and O–H groups in total. The summed E-state index contributed by atoms with van der Waals surface area (Å²) < 4.78 is 31.9. The van der Waals surface area contributed by atoms with Crippen molar-refractivity contribution >= 4 is 42.2 Å². The minimum Gasteiger partial charge on any atom is -0.462 e. The third-order valence-electron chi connectivity index (χ3n) is 12.8. The SMILES string of the molecule is CCCCCCCCCCCCCCCC(=O)OCC(COP(=S)(OCCN1C(=O)C2C(C1=O)[C@H]1C=C[C@@H]2O1)N(CC)CC)OC(=O)CCCCCCCCCCCCCCC. The first-order chi connectivity index (χ1) is 30.2. The standard InChI is InChI=1S/C49H87N2O9PS/c1-5-9-11-13-15-17-19-21-23-25-27-29-31-33-44(52)56-39-41(59-45(53)34-32-30-28-26-24-22-20-18-16-14-12-10-6-2)40-58-61(62,50(7-3)8-4)57-38-37-51-48(54)46-42-35-36-43(60-42)47(46)49(51)55/h35-36,41-43,46-47H,5-34,37-40H2,1-4H3/t41?,42-,43+,46?,47?,61?. The molecule has 3 rings (SSSR count). The van der Waals surface area contributed by atoms with Gasteiger partial charge in [-0.3, -0.25) is 24.1 Å². The molecule has 2 fully saturated rings. The first kappa shape index (κ1) is 54.6. The number of hydrogen-bond acceptors (Lipinski definition) is 10. The molecule has 2 amide bonds. The average Bonchev–Trinajstić information content (AvgIpc) is 3.96. The van der Waals surface area contributed by atoms with Crippen LogP contribution in [0.3, 0.4) is 0 Å². The van der Waals surface area contributed by atoms with Crippen LogP contribution in [0.25, 0.3) is 0 Å². The highest BCUT2D eigenvalue weighted by molar-refractivity contribution is 8.08. The quantitative estimate of drug-likeness (QED) is 0.0192. The van der Waals surface area contributed by atoms with Gasteiger partial charge in [-0.2, -0.15) is 0 Å². The first-order valence-electron chi connectivity index (χ1n) is 25.4. The fourth-order valence-electron chi connectivity index (χ4n) is 8.97. The predicted molar refractivity (Wildman–Crippen MR) is 252 cm³/mol. The van der Waals surface area contributed by atoms with E-state index in [2.05, 4.69) is 13.8 Å². The highest BCUT2D eigenvalue weighted by Gasteiger charge is 2.60. The summed E-state index contributed by atoms with van der Waals surface area (Å²) in [5, 5.41) is 0. The average molecular weight is 911 g/mol. The summed E-state index contributed by atoms with van der Waals surface area (Å²) in [6, 6.07) is 0. The third kappa shape index (κ3) is 20.2. The number of nitrogens with zero attached hydrogens (tertiary/aromatic N) is 2. The van der Waals surface area contributed by atoms with Crippen LogP contribution in [0.5, 0.6) is 0 Å². The molecule has 0 spiro atoms. The van der Waals surface area contributed by atoms with Crippen LogP contribution in [0.4, 0.5) is 0 Å². The van der Waals surface area contributed by atoms with E-state index in [9.17, 15) is 19.2 Å². The lowest BCUT2D eigenvalue weighted by molar-refractivity contribution is -0.161. The number of ether oxygens (including phenoxy) is 3. The van der Waals surface area contributed by atoms with Gasteiger partial charge in [0, 0.05) is 25.9 Å². The van der Waals surface area contributed by atoms with Gasteiger partial charge in [-0.05, 0) is 24.6 Å². The van der Waals surface area contributed by atoms with Gasteiger partial charge >= 0.3 is 11.9 Å². The molecule has 2 saturated heterocycles.